The fourth-order valence-electron chi connectivity index (χ4n) is 3.03. The van der Waals surface area contributed by atoms with E-state index in [0.29, 0.717) is 23.0 Å². The lowest BCUT2D eigenvalue weighted by molar-refractivity contribution is 0.302. The van der Waals surface area contributed by atoms with Crippen LogP contribution in [0.4, 0.5) is 0 Å². The van der Waals surface area contributed by atoms with Crippen molar-refractivity contribution in [3.63, 3.8) is 0 Å². The van der Waals surface area contributed by atoms with Gasteiger partial charge in [-0.1, -0.05) is 24.3 Å². The first-order chi connectivity index (χ1) is 12.6. The molecule has 1 atom stereocenters. The minimum absolute atomic E-state index is 0.0500. The maximum Gasteiger partial charge on any atom is 0.126 e. The lowest BCUT2D eigenvalue weighted by atomic mass is 10.1. The third kappa shape index (κ3) is 3.59. The molecular formula is C20H19NO3S2. The summed E-state index contributed by atoms with van der Waals surface area (Å²) in [6, 6.07) is 19.4. The molecule has 6 heteroatoms. The number of ether oxygens (including phenoxy) is 1. The third-order valence-electron chi connectivity index (χ3n) is 4.25. The first-order valence-electron chi connectivity index (χ1n) is 8.26. The summed E-state index contributed by atoms with van der Waals surface area (Å²) in [6.07, 6.45) is 3.47. The van der Waals surface area contributed by atoms with Crippen molar-refractivity contribution in [2.24, 2.45) is 0 Å². The molecule has 1 aliphatic heterocycles. The Balaban J connectivity index is 1.64. The summed E-state index contributed by atoms with van der Waals surface area (Å²) in [5.41, 5.74) is 1.92. The molecule has 0 radical (unpaired) electrons. The second-order valence-electron chi connectivity index (χ2n) is 6.07. The van der Waals surface area contributed by atoms with Gasteiger partial charge >= 0.3 is 0 Å². The number of aromatic nitrogens is 1. The molecule has 1 aromatic heterocycles. The average molecular weight is 386 g/mol. The lowest BCUT2D eigenvalue weighted by Crippen LogP contribution is -2.01. The number of thioether (sulfide) groups is 1. The van der Waals surface area contributed by atoms with Crippen molar-refractivity contribution in [3.8, 4) is 5.75 Å². The van der Waals surface area contributed by atoms with Gasteiger partial charge in [-0.05, 0) is 42.0 Å². The quantitative estimate of drug-likeness (QED) is 0.597. The summed E-state index contributed by atoms with van der Waals surface area (Å²) in [6.45, 7) is 0.418. The van der Waals surface area contributed by atoms with Crippen LogP contribution in [0.15, 0.2) is 82.8 Å². The van der Waals surface area contributed by atoms with Gasteiger partial charge in [0.05, 0.1) is 15.9 Å². The van der Waals surface area contributed by atoms with Crippen molar-refractivity contribution in [3.05, 3.63) is 84.2 Å². The Morgan fingerprint density at radius 2 is 1.77 bits per heavy atom. The van der Waals surface area contributed by atoms with Gasteiger partial charge < -0.3 is 4.74 Å². The summed E-state index contributed by atoms with van der Waals surface area (Å²) in [5, 5.41) is -0.0500. The molecule has 134 valence electrons. The molecular weight excluding hydrogens is 366 g/mol. The maximum absolute atomic E-state index is 10.6. The van der Waals surface area contributed by atoms with Gasteiger partial charge in [0.1, 0.15) is 12.4 Å². The normalized spacial score (nSPS) is 18.9. The Morgan fingerprint density at radius 1 is 1.00 bits per heavy atom. The molecule has 3 aromatic rings. The van der Waals surface area contributed by atoms with Crippen LogP contribution in [0.2, 0.25) is 0 Å². The van der Waals surface area contributed by atoms with Crippen molar-refractivity contribution >= 4 is 22.4 Å². The molecule has 0 spiro atoms. The summed E-state index contributed by atoms with van der Waals surface area (Å²) in [4.78, 5) is 5.73. The Labute approximate surface area is 158 Å². The van der Waals surface area contributed by atoms with Crippen molar-refractivity contribution in [1.82, 2.24) is 4.98 Å². The highest BCUT2D eigenvalue weighted by atomic mass is 32.3. The van der Waals surface area contributed by atoms with Crippen LogP contribution in [0.5, 0.6) is 5.75 Å². The monoisotopic (exact) mass is 385 g/mol. The smallest absolute Gasteiger partial charge is 0.126 e. The second kappa shape index (κ2) is 7.32. The van der Waals surface area contributed by atoms with Gasteiger partial charge in [0, 0.05) is 22.9 Å². The van der Waals surface area contributed by atoms with Crippen LogP contribution >= 0.6 is 22.4 Å². The zero-order valence-corrected chi connectivity index (χ0v) is 15.6. The Bertz CT molecular complexity index is 888. The van der Waals surface area contributed by atoms with E-state index in [9.17, 15) is 9.11 Å². The standard InChI is InChI=1S/C20H19NO3S2/c22-26(23)14-18(25-16-5-2-1-3-6-16)20-17(7-4-8-19(20)26)24-13-15-9-11-21-12-10-15/h1-12,18,22-23H,13-14H2. The van der Waals surface area contributed by atoms with Gasteiger partial charge in [0.25, 0.3) is 0 Å². The first-order valence-corrected chi connectivity index (χ1v) is 10.9. The number of rotatable bonds is 5. The van der Waals surface area contributed by atoms with E-state index in [1.54, 1.807) is 30.2 Å². The Kier molecular flexibility index (Phi) is 4.91. The topological polar surface area (TPSA) is 62.6 Å². The van der Waals surface area contributed by atoms with Crippen molar-refractivity contribution < 1.29 is 13.8 Å². The van der Waals surface area contributed by atoms with Crippen LogP contribution in [-0.2, 0) is 6.61 Å². The van der Waals surface area contributed by atoms with Gasteiger partial charge in [-0.15, -0.1) is 11.8 Å². The van der Waals surface area contributed by atoms with Gasteiger partial charge in [-0.25, -0.2) is 0 Å². The summed E-state index contributed by atoms with van der Waals surface area (Å²) < 4.78 is 27.2. The Hall–Kier alpha value is -1.99. The van der Waals surface area contributed by atoms with Gasteiger partial charge in [-0.2, -0.15) is 10.6 Å². The number of benzene rings is 2. The van der Waals surface area contributed by atoms with Crippen LogP contribution in [0.1, 0.15) is 16.4 Å². The summed E-state index contributed by atoms with van der Waals surface area (Å²) in [7, 11) is -2.79. The third-order valence-corrected chi connectivity index (χ3v) is 7.55. The molecule has 1 aliphatic rings. The fraction of sp³-hybridized carbons (Fsp3) is 0.150. The zero-order valence-electron chi connectivity index (χ0n) is 14.0. The van der Waals surface area contributed by atoms with Crippen LogP contribution in [0.25, 0.3) is 0 Å². The fourth-order valence-corrected chi connectivity index (χ4v) is 6.61. The van der Waals surface area contributed by atoms with E-state index in [1.165, 1.54) is 0 Å². The molecule has 4 rings (SSSR count). The Morgan fingerprint density at radius 3 is 2.54 bits per heavy atom. The number of hydrogen-bond donors (Lipinski definition) is 2. The molecule has 2 N–H and O–H groups in total. The van der Waals surface area contributed by atoms with Crippen molar-refractivity contribution in [2.75, 3.05) is 5.75 Å². The second-order valence-corrected chi connectivity index (χ2v) is 9.45. The van der Waals surface area contributed by atoms with E-state index < -0.39 is 10.6 Å². The molecule has 2 aromatic carbocycles. The van der Waals surface area contributed by atoms with E-state index >= 15 is 0 Å². The number of hydrogen-bond acceptors (Lipinski definition) is 5. The van der Waals surface area contributed by atoms with E-state index in [0.717, 1.165) is 16.0 Å². The number of fused-ring (bicyclic) bond motifs is 1. The largest absolute Gasteiger partial charge is 0.489 e. The van der Waals surface area contributed by atoms with E-state index in [1.807, 2.05) is 54.6 Å². The van der Waals surface area contributed by atoms with Crippen molar-refractivity contribution in [2.45, 2.75) is 21.6 Å². The van der Waals surface area contributed by atoms with Crippen LogP contribution in [-0.4, -0.2) is 19.8 Å². The predicted octanol–water partition coefficient (Wildman–Crippen LogP) is 5.62. The molecule has 0 saturated heterocycles. The van der Waals surface area contributed by atoms with Crippen LogP contribution < -0.4 is 4.74 Å². The van der Waals surface area contributed by atoms with Crippen LogP contribution in [0, 0.1) is 0 Å². The summed E-state index contributed by atoms with van der Waals surface area (Å²) in [5.74, 6) is 1.03. The number of nitrogens with zero attached hydrogens (tertiary/aromatic N) is 1. The van der Waals surface area contributed by atoms with E-state index in [2.05, 4.69) is 4.98 Å². The summed E-state index contributed by atoms with van der Waals surface area (Å²) >= 11 is 1.64. The zero-order chi connectivity index (χ0) is 18.0. The first kappa shape index (κ1) is 17.4. The highest BCUT2D eigenvalue weighted by Crippen LogP contribution is 2.64. The predicted molar refractivity (Wildman–Crippen MR) is 106 cm³/mol. The molecule has 0 amide bonds. The molecule has 0 aliphatic carbocycles. The molecule has 1 unspecified atom stereocenters. The van der Waals surface area contributed by atoms with Gasteiger partial charge in [-0.3, -0.25) is 14.1 Å². The minimum Gasteiger partial charge on any atom is -0.489 e. The van der Waals surface area contributed by atoms with E-state index in [4.69, 9.17) is 4.74 Å². The minimum atomic E-state index is -2.79. The van der Waals surface area contributed by atoms with Gasteiger partial charge in [0.15, 0.2) is 0 Å². The maximum atomic E-state index is 10.6. The van der Waals surface area contributed by atoms with Crippen molar-refractivity contribution in [1.29, 1.82) is 0 Å². The average Bonchev–Trinajstić information content (AvgIpc) is 2.92. The molecule has 4 nitrogen and oxygen atoms in total. The SMILES string of the molecule is OS1(O)CC(Sc2ccccc2)c2c(OCc3ccncc3)cccc21. The lowest BCUT2D eigenvalue weighted by Gasteiger charge is -2.27. The molecule has 0 saturated carbocycles. The van der Waals surface area contributed by atoms with Crippen LogP contribution in [0.3, 0.4) is 0 Å². The molecule has 2 heterocycles. The van der Waals surface area contributed by atoms with Gasteiger partial charge in [0.2, 0.25) is 0 Å². The molecule has 26 heavy (non-hydrogen) atoms. The number of pyridine rings is 1. The van der Waals surface area contributed by atoms with E-state index in [-0.39, 0.29) is 5.25 Å². The molecule has 0 bridgehead atoms. The highest BCUT2D eigenvalue weighted by molar-refractivity contribution is 8.25. The highest BCUT2D eigenvalue weighted by Gasteiger charge is 2.38. The molecule has 0 fully saturated rings.